The molecule has 1 saturated heterocycles. The predicted octanol–water partition coefficient (Wildman–Crippen LogP) is 7.12. The normalized spacial score (nSPS) is 15.2. The second-order valence-electron chi connectivity index (χ2n) is 6.32. The smallest absolute Gasteiger partial charge is 0.335 e. The van der Waals surface area contributed by atoms with E-state index >= 15 is 0 Å². The summed E-state index contributed by atoms with van der Waals surface area (Å²) >= 11 is 22.2. The fraction of sp³-hybridized carbons (Fsp3) is 0. The zero-order chi connectivity index (χ0) is 22.3. The predicted molar refractivity (Wildman–Crippen MR) is 131 cm³/mol. The number of thioether (sulfide) groups is 1. The van der Waals surface area contributed by atoms with Gasteiger partial charge in [0.05, 0.1) is 26.2 Å². The van der Waals surface area contributed by atoms with Crippen molar-refractivity contribution in [2.45, 2.75) is 0 Å². The van der Waals surface area contributed by atoms with Crippen LogP contribution in [0.5, 0.6) is 0 Å². The number of thiocarbonyl (C=S) groups is 1. The van der Waals surface area contributed by atoms with E-state index in [4.69, 9.17) is 39.8 Å². The number of rotatable bonds is 4. The average Bonchev–Trinajstić information content (AvgIpc) is 3.29. The molecule has 1 aliphatic rings. The maximum absolute atomic E-state index is 12.9. The number of carbonyl (C=O) groups excluding carboxylic acids is 1. The summed E-state index contributed by atoms with van der Waals surface area (Å²) in [7, 11) is 0. The third-order valence-electron chi connectivity index (χ3n) is 4.33. The van der Waals surface area contributed by atoms with Gasteiger partial charge >= 0.3 is 5.97 Å². The van der Waals surface area contributed by atoms with Gasteiger partial charge in [-0.1, -0.05) is 47.2 Å². The quantitative estimate of drug-likeness (QED) is 0.273. The number of carboxylic acids is 1. The van der Waals surface area contributed by atoms with Crippen LogP contribution in [0.2, 0.25) is 10.0 Å². The fourth-order valence-electron chi connectivity index (χ4n) is 2.87. The number of carbonyl (C=O) groups is 2. The first-order valence-corrected chi connectivity index (χ1v) is 11.4. The summed E-state index contributed by atoms with van der Waals surface area (Å²) in [5.74, 6) is -0.575. The van der Waals surface area contributed by atoms with Crippen molar-refractivity contribution in [2.24, 2.45) is 0 Å². The minimum atomic E-state index is -1.07. The Labute approximate surface area is 204 Å². The maximum atomic E-state index is 12.9. The molecule has 1 amide bonds. The number of carboxylic acid groups (broad SMARTS) is 1. The number of hydrogen-bond acceptors (Lipinski definition) is 5. The summed E-state index contributed by atoms with van der Waals surface area (Å²) in [6, 6.07) is 12.8. The Kier molecular flexibility index (Phi) is 6.27. The highest BCUT2D eigenvalue weighted by Crippen LogP contribution is 2.39. The van der Waals surface area contributed by atoms with Crippen molar-refractivity contribution in [3.05, 3.63) is 79.3 Å². The van der Waals surface area contributed by atoms with Crippen LogP contribution in [-0.4, -0.2) is 21.3 Å². The minimum Gasteiger partial charge on any atom is -0.478 e. The number of nitrogens with zero attached hydrogens (tertiary/aromatic N) is 1. The van der Waals surface area contributed by atoms with Crippen LogP contribution in [0.25, 0.3) is 17.4 Å². The SMILES string of the molecule is O=C(O)c1ccc(Cl)c(-c2ccc(/C=C3\SC(=S)N(c4ccc(Br)c(Cl)c4)C3=O)o2)c1. The lowest BCUT2D eigenvalue weighted by Crippen LogP contribution is -2.27. The molecule has 1 N–H and O–H groups in total. The van der Waals surface area contributed by atoms with Crippen LogP contribution in [0.3, 0.4) is 0 Å². The number of hydrogen-bond donors (Lipinski definition) is 1. The summed E-state index contributed by atoms with van der Waals surface area (Å²) in [4.78, 5) is 26.0. The van der Waals surface area contributed by atoms with Gasteiger partial charge in [-0.2, -0.15) is 0 Å². The number of anilines is 1. The number of halogens is 3. The van der Waals surface area contributed by atoms with Crippen molar-refractivity contribution >= 4 is 91.1 Å². The second-order valence-corrected chi connectivity index (χ2v) is 9.66. The first-order chi connectivity index (χ1) is 14.7. The van der Waals surface area contributed by atoms with E-state index in [-0.39, 0.29) is 11.5 Å². The Morgan fingerprint density at radius 3 is 2.61 bits per heavy atom. The Morgan fingerprint density at radius 1 is 1.13 bits per heavy atom. The van der Waals surface area contributed by atoms with Crippen molar-refractivity contribution in [1.82, 2.24) is 0 Å². The Hall–Kier alpha value is -2.10. The molecule has 0 unspecified atom stereocenters. The van der Waals surface area contributed by atoms with Crippen molar-refractivity contribution in [2.75, 3.05) is 4.90 Å². The lowest BCUT2D eigenvalue weighted by Gasteiger charge is -2.15. The first kappa shape index (κ1) is 22.1. The molecule has 5 nitrogen and oxygen atoms in total. The summed E-state index contributed by atoms with van der Waals surface area (Å²) < 4.78 is 6.89. The van der Waals surface area contributed by atoms with Gasteiger partial charge in [0.25, 0.3) is 5.91 Å². The van der Waals surface area contributed by atoms with Gasteiger partial charge in [-0.05, 0) is 64.5 Å². The van der Waals surface area contributed by atoms with Crippen molar-refractivity contribution < 1.29 is 19.1 Å². The summed E-state index contributed by atoms with van der Waals surface area (Å²) in [6.07, 6.45) is 1.58. The van der Waals surface area contributed by atoms with Crippen LogP contribution in [0.15, 0.2) is 62.3 Å². The molecule has 0 atom stereocenters. The third-order valence-corrected chi connectivity index (χ3v) is 7.20. The van der Waals surface area contributed by atoms with Gasteiger partial charge in [0.2, 0.25) is 0 Å². The molecule has 156 valence electrons. The third kappa shape index (κ3) is 4.44. The molecule has 0 radical (unpaired) electrons. The van der Waals surface area contributed by atoms with Gasteiger partial charge in [0.15, 0.2) is 4.32 Å². The molecule has 10 heteroatoms. The van der Waals surface area contributed by atoms with E-state index in [9.17, 15) is 14.7 Å². The van der Waals surface area contributed by atoms with E-state index in [1.807, 2.05) is 0 Å². The molecule has 4 rings (SSSR count). The number of furan rings is 1. The van der Waals surface area contributed by atoms with Crippen LogP contribution in [0.4, 0.5) is 5.69 Å². The Balaban J connectivity index is 1.63. The molecule has 0 saturated carbocycles. The maximum Gasteiger partial charge on any atom is 0.335 e. The lowest BCUT2D eigenvalue weighted by molar-refractivity contribution is -0.113. The number of aromatic carboxylic acids is 1. The molecule has 0 spiro atoms. The molecule has 0 aliphatic carbocycles. The summed E-state index contributed by atoms with van der Waals surface area (Å²) in [5, 5.41) is 10.0. The Bertz CT molecular complexity index is 1290. The fourth-order valence-corrected chi connectivity index (χ4v) is 4.78. The first-order valence-electron chi connectivity index (χ1n) is 8.60. The van der Waals surface area contributed by atoms with Crippen molar-refractivity contribution in [3.63, 3.8) is 0 Å². The number of benzene rings is 2. The van der Waals surface area contributed by atoms with Gasteiger partial charge < -0.3 is 9.52 Å². The molecule has 1 aliphatic heterocycles. The summed E-state index contributed by atoms with van der Waals surface area (Å²) in [6.45, 7) is 0. The second kappa shape index (κ2) is 8.80. The number of amides is 1. The zero-order valence-corrected chi connectivity index (χ0v) is 20.0. The standard InChI is InChI=1S/C21H10BrCl2NO4S2/c22-14-4-2-11(8-16(14)24)25-19(26)18(31-21(25)30)9-12-3-6-17(29-12)13-7-10(20(27)28)1-5-15(13)23/h1-9H,(H,27,28)/b18-9-. The van der Waals surface area contributed by atoms with Crippen LogP contribution in [0, 0.1) is 0 Å². The van der Waals surface area contributed by atoms with Crippen molar-refractivity contribution in [3.8, 4) is 11.3 Å². The van der Waals surface area contributed by atoms with Crippen molar-refractivity contribution in [1.29, 1.82) is 0 Å². The zero-order valence-electron chi connectivity index (χ0n) is 15.3. The van der Waals surface area contributed by atoms with E-state index in [2.05, 4.69) is 15.9 Å². The minimum absolute atomic E-state index is 0.0892. The molecular formula is C21H10BrCl2NO4S2. The van der Waals surface area contributed by atoms with Crippen LogP contribution >= 0.6 is 63.1 Å². The molecule has 0 bridgehead atoms. The average molecular weight is 555 g/mol. The Morgan fingerprint density at radius 2 is 1.90 bits per heavy atom. The van der Waals surface area contributed by atoms with E-state index in [0.29, 0.717) is 46.5 Å². The van der Waals surface area contributed by atoms with E-state index in [0.717, 1.165) is 11.8 Å². The van der Waals surface area contributed by atoms with Gasteiger partial charge in [-0.25, -0.2) is 4.79 Å². The molecule has 1 fully saturated rings. The van der Waals surface area contributed by atoms with E-state index < -0.39 is 5.97 Å². The lowest BCUT2D eigenvalue weighted by atomic mass is 10.1. The van der Waals surface area contributed by atoms with Crippen LogP contribution in [-0.2, 0) is 4.79 Å². The largest absolute Gasteiger partial charge is 0.478 e. The van der Waals surface area contributed by atoms with Crippen LogP contribution < -0.4 is 4.90 Å². The molecule has 1 aromatic heterocycles. The molecule has 31 heavy (non-hydrogen) atoms. The molecule has 2 aromatic carbocycles. The van der Waals surface area contributed by atoms with Gasteiger partial charge in [-0.15, -0.1) is 0 Å². The highest BCUT2D eigenvalue weighted by molar-refractivity contribution is 9.10. The monoisotopic (exact) mass is 553 g/mol. The highest BCUT2D eigenvalue weighted by atomic mass is 79.9. The van der Waals surface area contributed by atoms with Crippen LogP contribution in [0.1, 0.15) is 16.1 Å². The van der Waals surface area contributed by atoms with Gasteiger partial charge in [0, 0.05) is 16.1 Å². The van der Waals surface area contributed by atoms with Gasteiger partial charge in [0.1, 0.15) is 11.5 Å². The molecule has 3 aromatic rings. The topological polar surface area (TPSA) is 70.8 Å². The highest BCUT2D eigenvalue weighted by Gasteiger charge is 2.33. The molecule has 2 heterocycles. The van der Waals surface area contributed by atoms with E-state index in [1.165, 1.54) is 23.1 Å². The summed E-state index contributed by atoms with van der Waals surface area (Å²) in [5.41, 5.74) is 1.10. The molecular weight excluding hydrogens is 545 g/mol. The van der Waals surface area contributed by atoms with Gasteiger partial charge in [-0.3, -0.25) is 9.69 Å². The van der Waals surface area contributed by atoms with E-state index in [1.54, 1.807) is 36.4 Å².